The Morgan fingerprint density at radius 2 is 2.26 bits per heavy atom. The predicted octanol–water partition coefficient (Wildman–Crippen LogP) is 2.22. The van der Waals surface area contributed by atoms with Crippen LogP contribution in [0.2, 0.25) is 0 Å². The molecule has 1 aromatic rings. The summed E-state index contributed by atoms with van der Waals surface area (Å²) in [7, 11) is 3.52. The van der Waals surface area contributed by atoms with Crippen LogP contribution in [-0.2, 0) is 6.42 Å². The molecule has 0 bridgehead atoms. The number of hydrogen-bond donors (Lipinski definition) is 1. The van der Waals surface area contributed by atoms with Crippen LogP contribution in [-0.4, -0.2) is 42.4 Å². The minimum absolute atomic E-state index is 0.243. The quantitative estimate of drug-likeness (QED) is 0.911. The molecule has 1 aliphatic heterocycles. The highest BCUT2D eigenvalue weighted by molar-refractivity contribution is 5.30. The number of benzene rings is 1. The SMILES string of the molecule is COc1ccc(CC2(O)CCN(C)C(C)C2)cc1F. The molecule has 2 unspecified atom stereocenters. The van der Waals surface area contributed by atoms with Crippen molar-refractivity contribution in [2.75, 3.05) is 20.7 Å². The summed E-state index contributed by atoms with van der Waals surface area (Å²) >= 11 is 0. The number of piperidine rings is 1. The second-order valence-corrected chi connectivity index (χ2v) is 5.65. The lowest BCUT2D eigenvalue weighted by atomic mass is 9.82. The topological polar surface area (TPSA) is 32.7 Å². The molecule has 0 aromatic heterocycles. The van der Waals surface area contributed by atoms with Gasteiger partial charge >= 0.3 is 0 Å². The summed E-state index contributed by atoms with van der Waals surface area (Å²) in [4.78, 5) is 2.24. The van der Waals surface area contributed by atoms with Gasteiger partial charge in [0, 0.05) is 19.0 Å². The summed E-state index contributed by atoms with van der Waals surface area (Å²) in [6.45, 7) is 2.98. The Bertz CT molecular complexity index is 452. The number of hydrogen-bond acceptors (Lipinski definition) is 3. The minimum Gasteiger partial charge on any atom is -0.494 e. The van der Waals surface area contributed by atoms with Crippen LogP contribution in [0.5, 0.6) is 5.75 Å². The number of likely N-dealkylation sites (tertiary alicyclic amines) is 1. The standard InChI is InChI=1S/C15H22FNO2/c1-11-9-15(18,6-7-17(11)2)10-12-4-5-14(19-3)13(16)8-12/h4-5,8,11,18H,6-7,9-10H2,1-3H3. The molecule has 0 saturated carbocycles. The van der Waals surface area contributed by atoms with Crippen LogP contribution in [0.1, 0.15) is 25.3 Å². The minimum atomic E-state index is -0.729. The molecule has 2 rings (SSSR count). The third kappa shape index (κ3) is 3.25. The van der Waals surface area contributed by atoms with E-state index in [1.165, 1.54) is 13.2 Å². The molecule has 4 heteroatoms. The van der Waals surface area contributed by atoms with Gasteiger partial charge in [-0.2, -0.15) is 0 Å². The first-order chi connectivity index (χ1) is 8.93. The molecular weight excluding hydrogens is 245 g/mol. The first kappa shape index (κ1) is 14.3. The maximum atomic E-state index is 13.7. The highest BCUT2D eigenvalue weighted by Gasteiger charge is 2.35. The van der Waals surface area contributed by atoms with Crippen LogP contribution in [0, 0.1) is 5.82 Å². The third-order valence-corrected chi connectivity index (χ3v) is 4.11. The molecule has 1 saturated heterocycles. The summed E-state index contributed by atoms with van der Waals surface area (Å²) in [5, 5.41) is 10.6. The zero-order valence-corrected chi connectivity index (χ0v) is 11.8. The Balaban J connectivity index is 2.10. The van der Waals surface area contributed by atoms with Crippen molar-refractivity contribution in [3.05, 3.63) is 29.6 Å². The van der Waals surface area contributed by atoms with Gasteiger partial charge in [0.1, 0.15) is 0 Å². The molecule has 2 atom stereocenters. The van der Waals surface area contributed by atoms with Crippen LogP contribution < -0.4 is 4.74 Å². The number of nitrogens with zero attached hydrogens (tertiary/aromatic N) is 1. The van der Waals surface area contributed by atoms with Crippen molar-refractivity contribution in [2.45, 2.75) is 37.8 Å². The molecule has 106 valence electrons. The molecule has 0 amide bonds. The van der Waals surface area contributed by atoms with Crippen LogP contribution in [0.4, 0.5) is 4.39 Å². The molecule has 1 N–H and O–H groups in total. The Hall–Kier alpha value is -1.13. The molecule has 1 aliphatic rings. The van der Waals surface area contributed by atoms with Gasteiger partial charge in [-0.3, -0.25) is 0 Å². The molecular formula is C15H22FNO2. The molecule has 3 nitrogen and oxygen atoms in total. The smallest absolute Gasteiger partial charge is 0.165 e. The Kier molecular flexibility index (Phi) is 4.11. The van der Waals surface area contributed by atoms with E-state index < -0.39 is 5.60 Å². The van der Waals surface area contributed by atoms with E-state index in [0.717, 1.165) is 24.9 Å². The number of halogens is 1. The average Bonchev–Trinajstić information content (AvgIpc) is 2.34. The van der Waals surface area contributed by atoms with E-state index in [0.29, 0.717) is 12.5 Å². The predicted molar refractivity (Wildman–Crippen MR) is 72.9 cm³/mol. The van der Waals surface area contributed by atoms with Crippen molar-refractivity contribution in [3.63, 3.8) is 0 Å². The van der Waals surface area contributed by atoms with Gasteiger partial charge in [-0.05, 0) is 44.5 Å². The molecule has 19 heavy (non-hydrogen) atoms. The number of methoxy groups -OCH3 is 1. The fraction of sp³-hybridized carbons (Fsp3) is 0.600. The van der Waals surface area contributed by atoms with Crippen LogP contribution in [0.3, 0.4) is 0 Å². The molecule has 0 spiro atoms. The van der Waals surface area contributed by atoms with Gasteiger partial charge in [0.25, 0.3) is 0 Å². The van der Waals surface area contributed by atoms with E-state index in [-0.39, 0.29) is 11.6 Å². The summed E-state index contributed by atoms with van der Waals surface area (Å²) in [6.07, 6.45) is 1.94. The molecule has 0 aliphatic carbocycles. The van der Waals surface area contributed by atoms with Gasteiger partial charge in [0.2, 0.25) is 0 Å². The molecule has 1 fully saturated rings. The van der Waals surface area contributed by atoms with Gasteiger partial charge in [0.15, 0.2) is 11.6 Å². The van der Waals surface area contributed by atoms with Crippen molar-refractivity contribution >= 4 is 0 Å². The van der Waals surface area contributed by atoms with E-state index in [2.05, 4.69) is 18.9 Å². The summed E-state index contributed by atoms with van der Waals surface area (Å²) < 4.78 is 18.6. The number of ether oxygens (including phenoxy) is 1. The van der Waals surface area contributed by atoms with Crippen molar-refractivity contribution < 1.29 is 14.2 Å². The second-order valence-electron chi connectivity index (χ2n) is 5.65. The average molecular weight is 267 g/mol. The first-order valence-electron chi connectivity index (χ1n) is 6.68. The van der Waals surface area contributed by atoms with E-state index >= 15 is 0 Å². The van der Waals surface area contributed by atoms with Crippen LogP contribution >= 0.6 is 0 Å². The summed E-state index contributed by atoms with van der Waals surface area (Å²) in [5.41, 5.74) is 0.0880. The molecule has 1 heterocycles. The maximum Gasteiger partial charge on any atom is 0.165 e. The lowest BCUT2D eigenvalue weighted by molar-refractivity contribution is -0.0353. The molecule has 0 radical (unpaired) electrons. The normalized spacial score (nSPS) is 28.4. The van der Waals surface area contributed by atoms with Crippen molar-refractivity contribution in [2.24, 2.45) is 0 Å². The second kappa shape index (κ2) is 5.47. The lowest BCUT2D eigenvalue weighted by Crippen LogP contribution is -2.48. The summed E-state index contributed by atoms with van der Waals surface area (Å²) in [6, 6.07) is 5.25. The highest BCUT2D eigenvalue weighted by Crippen LogP contribution is 2.30. The van der Waals surface area contributed by atoms with Crippen molar-refractivity contribution in [1.29, 1.82) is 0 Å². The van der Waals surface area contributed by atoms with E-state index in [1.54, 1.807) is 6.07 Å². The van der Waals surface area contributed by atoms with Crippen molar-refractivity contribution in [1.82, 2.24) is 4.90 Å². The fourth-order valence-electron chi connectivity index (χ4n) is 2.77. The highest BCUT2D eigenvalue weighted by atomic mass is 19.1. The van der Waals surface area contributed by atoms with Gasteiger partial charge in [-0.1, -0.05) is 6.07 Å². The van der Waals surface area contributed by atoms with E-state index in [9.17, 15) is 9.50 Å². The fourth-order valence-corrected chi connectivity index (χ4v) is 2.77. The van der Waals surface area contributed by atoms with E-state index in [1.807, 2.05) is 6.07 Å². The zero-order chi connectivity index (χ0) is 14.0. The van der Waals surface area contributed by atoms with Crippen molar-refractivity contribution in [3.8, 4) is 5.75 Å². The monoisotopic (exact) mass is 267 g/mol. The number of rotatable bonds is 3. The van der Waals surface area contributed by atoms with Gasteiger partial charge in [-0.15, -0.1) is 0 Å². The largest absolute Gasteiger partial charge is 0.494 e. The Morgan fingerprint density at radius 1 is 1.53 bits per heavy atom. The number of aliphatic hydroxyl groups is 1. The molecule has 1 aromatic carbocycles. The van der Waals surface area contributed by atoms with Crippen LogP contribution in [0.25, 0.3) is 0 Å². The van der Waals surface area contributed by atoms with Gasteiger partial charge in [0.05, 0.1) is 12.7 Å². The summed E-state index contributed by atoms with van der Waals surface area (Å²) in [5.74, 6) is -0.128. The van der Waals surface area contributed by atoms with Gasteiger partial charge in [-0.25, -0.2) is 4.39 Å². The first-order valence-corrected chi connectivity index (χ1v) is 6.68. The lowest BCUT2D eigenvalue weighted by Gasteiger charge is -2.41. The Morgan fingerprint density at radius 3 is 2.84 bits per heavy atom. The zero-order valence-electron chi connectivity index (χ0n) is 11.8. The Labute approximate surface area is 114 Å². The van der Waals surface area contributed by atoms with Crippen LogP contribution in [0.15, 0.2) is 18.2 Å². The van der Waals surface area contributed by atoms with E-state index in [4.69, 9.17) is 4.74 Å². The van der Waals surface area contributed by atoms with Gasteiger partial charge < -0.3 is 14.7 Å². The third-order valence-electron chi connectivity index (χ3n) is 4.11. The maximum absolute atomic E-state index is 13.7.